The summed E-state index contributed by atoms with van der Waals surface area (Å²) in [5.74, 6) is 0.0415. The molecule has 1 fully saturated rings. The first-order valence-electron chi connectivity index (χ1n) is 7.11. The van der Waals surface area contributed by atoms with Crippen LogP contribution in [-0.4, -0.2) is 56.6 Å². The van der Waals surface area contributed by atoms with E-state index in [-0.39, 0.29) is 18.0 Å². The van der Waals surface area contributed by atoms with Gasteiger partial charge in [-0.2, -0.15) is 0 Å². The third kappa shape index (κ3) is 4.46. The van der Waals surface area contributed by atoms with Crippen LogP contribution < -0.4 is 15.5 Å². The maximum atomic E-state index is 12.0. The van der Waals surface area contributed by atoms with Gasteiger partial charge in [-0.05, 0) is 26.2 Å². The number of nitrogens with one attached hydrogen (secondary N) is 2. The molecule has 114 valence electrons. The molecule has 1 aliphatic rings. The Kier molecular flexibility index (Phi) is 5.16. The molecule has 0 spiro atoms. The van der Waals surface area contributed by atoms with E-state index >= 15 is 0 Å². The van der Waals surface area contributed by atoms with Crippen molar-refractivity contribution >= 4 is 17.6 Å². The molecule has 1 aromatic carbocycles. The Morgan fingerprint density at radius 3 is 2.71 bits per heavy atom. The lowest BCUT2D eigenvalue weighted by molar-refractivity contribution is -0.117. The van der Waals surface area contributed by atoms with Crippen LogP contribution >= 0.6 is 0 Å². The third-order valence-electron chi connectivity index (χ3n) is 3.37. The lowest BCUT2D eigenvalue weighted by Gasteiger charge is -2.17. The van der Waals surface area contributed by atoms with Crippen molar-refractivity contribution in [2.75, 3.05) is 38.6 Å². The Bertz CT molecular complexity index is 490. The van der Waals surface area contributed by atoms with Crippen molar-refractivity contribution in [3.8, 4) is 0 Å². The molecule has 2 rings (SSSR count). The second-order valence-corrected chi connectivity index (χ2v) is 5.44. The first-order chi connectivity index (χ1) is 10.1. The fourth-order valence-corrected chi connectivity index (χ4v) is 2.29. The van der Waals surface area contributed by atoms with Crippen LogP contribution in [-0.2, 0) is 4.79 Å². The zero-order valence-electron chi connectivity index (χ0n) is 12.5. The van der Waals surface area contributed by atoms with E-state index in [1.54, 1.807) is 4.90 Å². The number of rotatable bonds is 5. The van der Waals surface area contributed by atoms with Gasteiger partial charge < -0.3 is 20.4 Å². The molecule has 2 N–H and O–H groups in total. The fourth-order valence-electron chi connectivity index (χ4n) is 2.29. The molecular weight excluding hydrogens is 268 g/mol. The van der Waals surface area contributed by atoms with Gasteiger partial charge in [-0.25, -0.2) is 4.79 Å². The van der Waals surface area contributed by atoms with Crippen molar-refractivity contribution in [3.63, 3.8) is 0 Å². The maximum absolute atomic E-state index is 12.0. The van der Waals surface area contributed by atoms with Gasteiger partial charge in [0, 0.05) is 31.7 Å². The number of hydrogen-bond donors (Lipinski definition) is 2. The Balaban J connectivity index is 1.81. The summed E-state index contributed by atoms with van der Waals surface area (Å²) in [6, 6.07) is 9.16. The predicted octanol–water partition coefficient (Wildman–Crippen LogP) is 0.653. The van der Waals surface area contributed by atoms with Crippen molar-refractivity contribution in [2.45, 2.75) is 12.5 Å². The molecule has 6 nitrogen and oxygen atoms in total. The number of carbonyl (C=O) groups excluding carboxylic acids is 2. The number of anilines is 1. The Morgan fingerprint density at radius 1 is 1.33 bits per heavy atom. The molecule has 0 unspecified atom stereocenters. The van der Waals surface area contributed by atoms with Crippen LogP contribution in [0.3, 0.4) is 0 Å². The maximum Gasteiger partial charge on any atom is 0.315 e. The molecule has 1 aliphatic heterocycles. The Morgan fingerprint density at radius 2 is 2.05 bits per heavy atom. The average molecular weight is 290 g/mol. The van der Waals surface area contributed by atoms with E-state index in [2.05, 4.69) is 10.6 Å². The van der Waals surface area contributed by atoms with E-state index in [0.717, 1.165) is 12.2 Å². The SMILES string of the molecule is CN(C)CCNC(=O)N[C@H]1CC(=O)N(c2ccccc2)C1. The molecule has 1 heterocycles. The summed E-state index contributed by atoms with van der Waals surface area (Å²) in [5, 5.41) is 5.64. The number of urea groups is 1. The largest absolute Gasteiger partial charge is 0.337 e. The number of benzene rings is 1. The van der Waals surface area contributed by atoms with Crippen LogP contribution in [0.2, 0.25) is 0 Å². The minimum Gasteiger partial charge on any atom is -0.337 e. The standard InChI is InChI=1S/C15H22N4O2/c1-18(2)9-8-16-15(21)17-12-10-14(20)19(11-12)13-6-4-3-5-7-13/h3-7,12H,8-11H2,1-2H3,(H2,16,17,21)/t12-/m0/s1. The summed E-state index contributed by atoms with van der Waals surface area (Å²) in [5.41, 5.74) is 0.875. The van der Waals surface area contributed by atoms with Crippen molar-refractivity contribution in [2.24, 2.45) is 0 Å². The number of likely N-dealkylation sites (N-methyl/N-ethyl adjacent to an activating group) is 1. The summed E-state index contributed by atoms with van der Waals surface area (Å²) in [4.78, 5) is 27.5. The van der Waals surface area contributed by atoms with Gasteiger partial charge in [-0.15, -0.1) is 0 Å². The molecule has 0 bridgehead atoms. The Hall–Kier alpha value is -2.08. The van der Waals surface area contributed by atoms with E-state index in [9.17, 15) is 9.59 Å². The highest BCUT2D eigenvalue weighted by atomic mass is 16.2. The summed E-state index contributed by atoms with van der Waals surface area (Å²) in [6.45, 7) is 1.89. The smallest absolute Gasteiger partial charge is 0.315 e. The van der Waals surface area contributed by atoms with Crippen LogP contribution in [0, 0.1) is 0 Å². The summed E-state index contributed by atoms with van der Waals surface area (Å²) in [7, 11) is 3.90. The third-order valence-corrected chi connectivity index (χ3v) is 3.37. The fraction of sp³-hybridized carbons (Fsp3) is 0.467. The number of nitrogens with zero attached hydrogens (tertiary/aromatic N) is 2. The highest BCUT2D eigenvalue weighted by molar-refractivity contribution is 5.96. The van der Waals surface area contributed by atoms with E-state index in [4.69, 9.17) is 0 Å². The van der Waals surface area contributed by atoms with Crippen molar-refractivity contribution in [3.05, 3.63) is 30.3 Å². The lowest BCUT2D eigenvalue weighted by atomic mass is 10.2. The minimum absolute atomic E-state index is 0.0415. The highest BCUT2D eigenvalue weighted by Crippen LogP contribution is 2.20. The topological polar surface area (TPSA) is 64.7 Å². The quantitative estimate of drug-likeness (QED) is 0.837. The van der Waals surface area contributed by atoms with E-state index < -0.39 is 0 Å². The van der Waals surface area contributed by atoms with Crippen molar-refractivity contribution in [1.29, 1.82) is 0 Å². The second kappa shape index (κ2) is 7.08. The van der Waals surface area contributed by atoms with Gasteiger partial charge in [-0.1, -0.05) is 18.2 Å². The molecule has 1 saturated heterocycles. The highest BCUT2D eigenvalue weighted by Gasteiger charge is 2.31. The summed E-state index contributed by atoms with van der Waals surface area (Å²) in [6.07, 6.45) is 0.343. The van der Waals surface area contributed by atoms with Crippen molar-refractivity contribution < 1.29 is 9.59 Å². The van der Waals surface area contributed by atoms with Gasteiger partial charge in [0.25, 0.3) is 0 Å². The summed E-state index contributed by atoms with van der Waals surface area (Å²) < 4.78 is 0. The molecule has 1 atom stereocenters. The number of para-hydroxylation sites is 1. The monoisotopic (exact) mass is 290 g/mol. The zero-order valence-corrected chi connectivity index (χ0v) is 12.5. The minimum atomic E-state index is -0.218. The van der Waals surface area contributed by atoms with Gasteiger partial charge in [0.1, 0.15) is 0 Å². The molecule has 0 saturated carbocycles. The molecule has 0 aromatic heterocycles. The molecule has 3 amide bonds. The van der Waals surface area contributed by atoms with Crippen LogP contribution in [0.1, 0.15) is 6.42 Å². The van der Waals surface area contributed by atoms with Crippen molar-refractivity contribution in [1.82, 2.24) is 15.5 Å². The van der Waals surface area contributed by atoms with E-state index in [1.807, 2.05) is 49.3 Å². The second-order valence-electron chi connectivity index (χ2n) is 5.44. The first-order valence-corrected chi connectivity index (χ1v) is 7.11. The van der Waals surface area contributed by atoms with Crippen LogP contribution in [0.25, 0.3) is 0 Å². The number of hydrogen-bond acceptors (Lipinski definition) is 3. The molecule has 6 heteroatoms. The number of carbonyl (C=O) groups is 2. The summed E-state index contributed by atoms with van der Waals surface area (Å²) >= 11 is 0. The van der Waals surface area contributed by atoms with Gasteiger partial charge in [0.2, 0.25) is 5.91 Å². The molecule has 0 radical (unpaired) electrons. The van der Waals surface area contributed by atoms with E-state index in [1.165, 1.54) is 0 Å². The number of amides is 3. The van der Waals surface area contributed by atoms with Crippen LogP contribution in [0.5, 0.6) is 0 Å². The molecular formula is C15H22N4O2. The molecule has 1 aromatic rings. The van der Waals surface area contributed by atoms with Crippen LogP contribution in [0.4, 0.5) is 10.5 Å². The van der Waals surface area contributed by atoms with E-state index in [0.29, 0.717) is 19.5 Å². The Labute approximate surface area is 125 Å². The van der Waals surface area contributed by atoms with Gasteiger partial charge in [-0.3, -0.25) is 4.79 Å². The van der Waals surface area contributed by atoms with Crippen LogP contribution in [0.15, 0.2) is 30.3 Å². The van der Waals surface area contributed by atoms with Gasteiger partial charge >= 0.3 is 6.03 Å². The van der Waals surface area contributed by atoms with Gasteiger partial charge in [0.15, 0.2) is 0 Å². The zero-order chi connectivity index (χ0) is 15.2. The lowest BCUT2D eigenvalue weighted by Crippen LogP contribution is -2.45. The predicted molar refractivity (Wildman–Crippen MR) is 82.3 cm³/mol. The molecule has 21 heavy (non-hydrogen) atoms. The van der Waals surface area contributed by atoms with Gasteiger partial charge in [0.05, 0.1) is 6.04 Å². The first kappa shape index (κ1) is 15.3. The molecule has 0 aliphatic carbocycles. The average Bonchev–Trinajstić information content (AvgIpc) is 2.80. The normalized spacial score (nSPS) is 18.1.